The van der Waals surface area contributed by atoms with E-state index in [9.17, 15) is 4.79 Å². The van der Waals surface area contributed by atoms with E-state index >= 15 is 0 Å². The van der Waals surface area contributed by atoms with Gasteiger partial charge in [0.15, 0.2) is 0 Å². The van der Waals surface area contributed by atoms with Crippen molar-refractivity contribution in [3.63, 3.8) is 0 Å². The zero-order chi connectivity index (χ0) is 18.2. The minimum Gasteiger partial charge on any atom is -0.497 e. The van der Waals surface area contributed by atoms with Gasteiger partial charge in [-0.3, -0.25) is 4.79 Å². The first-order valence-corrected chi connectivity index (χ1v) is 8.64. The molecule has 0 spiro atoms. The third kappa shape index (κ3) is 4.75. The number of benzene rings is 2. The van der Waals surface area contributed by atoms with Crippen LogP contribution < -0.4 is 14.8 Å². The molecule has 0 saturated heterocycles. The van der Waals surface area contributed by atoms with Gasteiger partial charge in [-0.1, -0.05) is 50.6 Å². The van der Waals surface area contributed by atoms with Gasteiger partial charge in [0, 0.05) is 18.2 Å². The van der Waals surface area contributed by atoms with Crippen LogP contribution in [0.15, 0.2) is 48.5 Å². The third-order valence-electron chi connectivity index (χ3n) is 4.60. The predicted molar refractivity (Wildman–Crippen MR) is 100 cm³/mol. The summed E-state index contributed by atoms with van der Waals surface area (Å²) in [7, 11) is 3.23. The van der Waals surface area contributed by atoms with E-state index in [1.807, 2.05) is 48.5 Å². The lowest BCUT2D eigenvalue weighted by molar-refractivity contribution is -0.123. The van der Waals surface area contributed by atoms with Crippen LogP contribution in [-0.4, -0.2) is 20.1 Å². The minimum absolute atomic E-state index is 0.0402. The van der Waals surface area contributed by atoms with Crippen LogP contribution in [0, 0.1) is 5.92 Å². The van der Waals surface area contributed by atoms with Crippen molar-refractivity contribution in [1.29, 1.82) is 0 Å². The van der Waals surface area contributed by atoms with Gasteiger partial charge in [-0.05, 0) is 23.6 Å². The monoisotopic (exact) mass is 341 g/mol. The van der Waals surface area contributed by atoms with E-state index in [1.165, 1.54) is 0 Å². The fourth-order valence-electron chi connectivity index (χ4n) is 2.92. The Kier molecular flexibility index (Phi) is 6.87. The maximum Gasteiger partial charge on any atom is 0.228 e. The molecule has 4 nitrogen and oxygen atoms in total. The number of carbonyl (C=O) groups excluding carboxylic acids is 1. The smallest absolute Gasteiger partial charge is 0.228 e. The number of hydrogen-bond acceptors (Lipinski definition) is 3. The van der Waals surface area contributed by atoms with Gasteiger partial charge in [0.2, 0.25) is 5.91 Å². The Balaban J connectivity index is 2.14. The molecule has 1 N–H and O–H groups in total. The van der Waals surface area contributed by atoms with Crippen molar-refractivity contribution < 1.29 is 14.3 Å². The average molecular weight is 341 g/mol. The number of nitrogens with one attached hydrogen (secondary N) is 1. The fourth-order valence-corrected chi connectivity index (χ4v) is 2.92. The first-order valence-electron chi connectivity index (χ1n) is 8.64. The van der Waals surface area contributed by atoms with E-state index in [0.717, 1.165) is 23.3 Å². The summed E-state index contributed by atoms with van der Waals surface area (Å²) >= 11 is 0. The molecule has 2 aromatic carbocycles. The van der Waals surface area contributed by atoms with Crippen LogP contribution in [0.3, 0.4) is 0 Å². The van der Waals surface area contributed by atoms with Crippen LogP contribution in [0.5, 0.6) is 11.5 Å². The molecule has 0 bridgehead atoms. The maximum atomic E-state index is 12.9. The first kappa shape index (κ1) is 18.8. The van der Waals surface area contributed by atoms with Crippen LogP contribution in [0.4, 0.5) is 0 Å². The second-order valence-corrected chi connectivity index (χ2v) is 6.17. The molecule has 0 heterocycles. The molecule has 0 aromatic heterocycles. The van der Waals surface area contributed by atoms with Crippen molar-refractivity contribution in [2.24, 2.45) is 5.92 Å². The number of ether oxygens (including phenoxy) is 2. The highest BCUT2D eigenvalue weighted by Crippen LogP contribution is 2.28. The minimum atomic E-state index is -0.157. The summed E-state index contributed by atoms with van der Waals surface area (Å²) in [4.78, 5) is 12.9. The lowest BCUT2D eigenvalue weighted by atomic mass is 9.85. The summed E-state index contributed by atoms with van der Waals surface area (Å²) in [6.45, 7) is 4.65. The van der Waals surface area contributed by atoms with Crippen molar-refractivity contribution in [2.45, 2.75) is 32.7 Å². The van der Waals surface area contributed by atoms with E-state index in [-0.39, 0.29) is 17.7 Å². The molecule has 0 aliphatic rings. The summed E-state index contributed by atoms with van der Waals surface area (Å²) in [6, 6.07) is 15.6. The lowest BCUT2D eigenvalue weighted by Crippen LogP contribution is -2.32. The SMILES string of the molecule is CCC(C)C(C(=O)NCc1ccc(OC)cc1OC)c1ccccc1. The Morgan fingerprint density at radius 3 is 2.40 bits per heavy atom. The molecule has 0 saturated carbocycles. The Bertz CT molecular complexity index is 685. The lowest BCUT2D eigenvalue weighted by Gasteiger charge is -2.23. The van der Waals surface area contributed by atoms with Gasteiger partial charge in [0.05, 0.1) is 20.1 Å². The molecule has 4 heteroatoms. The third-order valence-corrected chi connectivity index (χ3v) is 4.60. The molecule has 0 aliphatic carbocycles. The Hall–Kier alpha value is -2.49. The van der Waals surface area contributed by atoms with Crippen LogP contribution in [0.1, 0.15) is 37.3 Å². The summed E-state index contributed by atoms with van der Waals surface area (Å²) < 4.78 is 10.6. The van der Waals surface area contributed by atoms with E-state index in [0.29, 0.717) is 12.3 Å². The predicted octanol–water partition coefficient (Wildman–Crippen LogP) is 4.15. The van der Waals surface area contributed by atoms with Gasteiger partial charge in [-0.15, -0.1) is 0 Å². The van der Waals surface area contributed by atoms with E-state index in [4.69, 9.17) is 9.47 Å². The highest BCUT2D eigenvalue weighted by atomic mass is 16.5. The molecule has 1 amide bonds. The molecular weight excluding hydrogens is 314 g/mol. The maximum absolute atomic E-state index is 12.9. The van der Waals surface area contributed by atoms with Crippen LogP contribution in [-0.2, 0) is 11.3 Å². The molecule has 0 fully saturated rings. The van der Waals surface area contributed by atoms with Gasteiger partial charge in [0.25, 0.3) is 0 Å². The molecule has 2 atom stereocenters. The normalized spacial score (nSPS) is 13.0. The molecule has 0 aliphatic heterocycles. The number of hydrogen-bond donors (Lipinski definition) is 1. The number of methoxy groups -OCH3 is 2. The number of carbonyl (C=O) groups is 1. The van der Waals surface area contributed by atoms with Crippen molar-refractivity contribution in [2.75, 3.05) is 14.2 Å². The summed E-state index contributed by atoms with van der Waals surface area (Å²) in [6.07, 6.45) is 0.943. The van der Waals surface area contributed by atoms with Gasteiger partial charge >= 0.3 is 0 Å². The van der Waals surface area contributed by atoms with E-state index in [1.54, 1.807) is 14.2 Å². The summed E-state index contributed by atoms with van der Waals surface area (Å²) in [5.74, 6) is 1.59. The van der Waals surface area contributed by atoms with Gasteiger partial charge < -0.3 is 14.8 Å². The van der Waals surface area contributed by atoms with Crippen LogP contribution >= 0.6 is 0 Å². The largest absolute Gasteiger partial charge is 0.497 e. The van der Waals surface area contributed by atoms with Crippen LogP contribution in [0.2, 0.25) is 0 Å². The topological polar surface area (TPSA) is 47.6 Å². The van der Waals surface area contributed by atoms with E-state index < -0.39 is 0 Å². The molecule has 2 rings (SSSR count). The molecule has 2 aromatic rings. The van der Waals surface area contributed by atoms with Crippen molar-refractivity contribution in [1.82, 2.24) is 5.32 Å². The second-order valence-electron chi connectivity index (χ2n) is 6.17. The Morgan fingerprint density at radius 2 is 1.80 bits per heavy atom. The highest BCUT2D eigenvalue weighted by molar-refractivity contribution is 5.84. The standard InChI is InChI=1S/C21H27NO3/c1-5-15(2)20(16-9-7-6-8-10-16)21(23)22-14-17-11-12-18(24-3)13-19(17)25-4/h6-13,15,20H,5,14H2,1-4H3,(H,22,23). The Morgan fingerprint density at radius 1 is 1.08 bits per heavy atom. The Labute approximate surface area is 150 Å². The zero-order valence-corrected chi connectivity index (χ0v) is 15.4. The number of amides is 1. The second kappa shape index (κ2) is 9.11. The van der Waals surface area contributed by atoms with Gasteiger partial charge in [-0.2, -0.15) is 0 Å². The van der Waals surface area contributed by atoms with Crippen molar-refractivity contribution >= 4 is 5.91 Å². The van der Waals surface area contributed by atoms with E-state index in [2.05, 4.69) is 19.2 Å². The highest BCUT2D eigenvalue weighted by Gasteiger charge is 2.25. The van der Waals surface area contributed by atoms with Gasteiger partial charge in [0.1, 0.15) is 11.5 Å². The number of rotatable bonds is 8. The summed E-state index contributed by atoms with van der Waals surface area (Å²) in [5, 5.41) is 3.07. The molecular formula is C21H27NO3. The van der Waals surface area contributed by atoms with Crippen LogP contribution in [0.25, 0.3) is 0 Å². The quantitative estimate of drug-likeness (QED) is 0.784. The molecule has 134 valence electrons. The fraction of sp³-hybridized carbons (Fsp3) is 0.381. The summed E-state index contributed by atoms with van der Waals surface area (Å²) in [5.41, 5.74) is 1.98. The first-order chi connectivity index (χ1) is 12.1. The van der Waals surface area contributed by atoms with Crippen molar-refractivity contribution in [3.8, 4) is 11.5 Å². The molecule has 0 radical (unpaired) electrons. The zero-order valence-electron chi connectivity index (χ0n) is 15.4. The molecule has 2 unspecified atom stereocenters. The molecule has 25 heavy (non-hydrogen) atoms. The average Bonchev–Trinajstić information content (AvgIpc) is 2.67. The van der Waals surface area contributed by atoms with Crippen molar-refractivity contribution in [3.05, 3.63) is 59.7 Å². The van der Waals surface area contributed by atoms with Gasteiger partial charge in [-0.25, -0.2) is 0 Å².